The van der Waals surface area contributed by atoms with Crippen molar-refractivity contribution in [3.8, 4) is 11.4 Å². The van der Waals surface area contributed by atoms with E-state index < -0.39 is 0 Å². The highest BCUT2D eigenvalue weighted by molar-refractivity contribution is 7.99. The van der Waals surface area contributed by atoms with E-state index in [0.29, 0.717) is 42.3 Å². The summed E-state index contributed by atoms with van der Waals surface area (Å²) in [7, 11) is 0. The van der Waals surface area contributed by atoms with Crippen LogP contribution in [-0.4, -0.2) is 57.7 Å². The van der Waals surface area contributed by atoms with E-state index in [1.54, 1.807) is 17.0 Å². The van der Waals surface area contributed by atoms with Crippen LogP contribution in [0.2, 0.25) is 5.02 Å². The Kier molecular flexibility index (Phi) is 5.04. The second kappa shape index (κ2) is 7.20. The number of amides is 1. The molecular formula is C14H16ClN5O2S. The van der Waals surface area contributed by atoms with Gasteiger partial charge in [-0.2, -0.15) is 0 Å². The Labute approximate surface area is 142 Å². The lowest BCUT2D eigenvalue weighted by Crippen LogP contribution is -2.41. The summed E-state index contributed by atoms with van der Waals surface area (Å²) in [6, 6.07) is 7.17. The standard InChI is InChI=1S/C14H16ClN5O2S/c15-11-3-1-10(2-4-11)13-17-18-14(20(13)16)23-9-12(21)19-5-7-22-8-6-19/h1-4H,5-9,16H2. The molecule has 1 aliphatic rings. The first kappa shape index (κ1) is 16.1. The second-order valence-corrected chi connectivity index (χ2v) is 6.34. The number of nitrogens with zero attached hydrogens (tertiary/aromatic N) is 4. The van der Waals surface area contributed by atoms with E-state index in [4.69, 9.17) is 22.2 Å². The third kappa shape index (κ3) is 3.77. The van der Waals surface area contributed by atoms with Gasteiger partial charge in [-0.05, 0) is 24.3 Å². The number of nitrogens with two attached hydrogens (primary N) is 1. The fourth-order valence-corrected chi connectivity index (χ4v) is 3.09. The van der Waals surface area contributed by atoms with E-state index in [1.165, 1.54) is 16.4 Å². The highest BCUT2D eigenvalue weighted by Crippen LogP contribution is 2.23. The van der Waals surface area contributed by atoms with Crippen molar-refractivity contribution in [3.63, 3.8) is 0 Å². The van der Waals surface area contributed by atoms with Crippen LogP contribution >= 0.6 is 23.4 Å². The number of rotatable bonds is 4. The zero-order chi connectivity index (χ0) is 16.2. The molecule has 2 N–H and O–H groups in total. The number of benzene rings is 1. The normalized spacial score (nSPS) is 14.9. The van der Waals surface area contributed by atoms with Gasteiger partial charge in [0, 0.05) is 23.7 Å². The van der Waals surface area contributed by atoms with E-state index in [9.17, 15) is 4.79 Å². The van der Waals surface area contributed by atoms with E-state index >= 15 is 0 Å². The molecule has 1 fully saturated rings. The van der Waals surface area contributed by atoms with Crippen molar-refractivity contribution >= 4 is 29.3 Å². The van der Waals surface area contributed by atoms with Gasteiger partial charge in [-0.3, -0.25) is 4.79 Å². The molecule has 1 amide bonds. The first-order chi connectivity index (χ1) is 11.1. The molecule has 2 aromatic rings. The first-order valence-corrected chi connectivity index (χ1v) is 8.46. The van der Waals surface area contributed by atoms with Gasteiger partial charge in [0.2, 0.25) is 11.1 Å². The summed E-state index contributed by atoms with van der Waals surface area (Å²) in [4.78, 5) is 13.9. The number of hydrogen-bond donors (Lipinski definition) is 1. The van der Waals surface area contributed by atoms with Crippen LogP contribution in [0.1, 0.15) is 0 Å². The molecule has 1 aromatic carbocycles. The lowest BCUT2D eigenvalue weighted by Gasteiger charge is -2.26. The quantitative estimate of drug-likeness (QED) is 0.658. The molecule has 0 unspecified atom stereocenters. The number of ether oxygens (including phenoxy) is 1. The van der Waals surface area contributed by atoms with Gasteiger partial charge < -0.3 is 15.5 Å². The summed E-state index contributed by atoms with van der Waals surface area (Å²) in [5, 5.41) is 9.28. The average Bonchev–Trinajstić information content (AvgIpc) is 2.95. The van der Waals surface area contributed by atoms with Crippen LogP contribution in [0.15, 0.2) is 29.4 Å². The number of carbonyl (C=O) groups is 1. The summed E-state index contributed by atoms with van der Waals surface area (Å²) in [6.07, 6.45) is 0. The molecule has 0 radical (unpaired) electrons. The van der Waals surface area contributed by atoms with Gasteiger partial charge in [0.05, 0.1) is 19.0 Å². The van der Waals surface area contributed by atoms with Gasteiger partial charge in [-0.25, -0.2) is 4.68 Å². The zero-order valence-electron chi connectivity index (χ0n) is 12.3. The van der Waals surface area contributed by atoms with Crippen molar-refractivity contribution in [1.29, 1.82) is 0 Å². The average molecular weight is 354 g/mol. The highest BCUT2D eigenvalue weighted by atomic mass is 35.5. The molecule has 0 atom stereocenters. The van der Waals surface area contributed by atoms with Crippen LogP contribution in [0.3, 0.4) is 0 Å². The fourth-order valence-electron chi connectivity index (χ4n) is 2.20. The molecule has 1 aliphatic heterocycles. The van der Waals surface area contributed by atoms with Crippen molar-refractivity contribution < 1.29 is 9.53 Å². The summed E-state index contributed by atoms with van der Waals surface area (Å²) < 4.78 is 6.63. The molecule has 9 heteroatoms. The van der Waals surface area contributed by atoms with E-state index in [0.717, 1.165) is 5.56 Å². The molecule has 0 bridgehead atoms. The van der Waals surface area contributed by atoms with Crippen LogP contribution in [0, 0.1) is 0 Å². The fraction of sp³-hybridized carbons (Fsp3) is 0.357. The Balaban J connectivity index is 1.65. The molecule has 3 rings (SSSR count). The summed E-state index contributed by atoms with van der Waals surface area (Å²) in [5.74, 6) is 6.89. The van der Waals surface area contributed by atoms with E-state index in [-0.39, 0.29) is 11.7 Å². The number of halogens is 1. The highest BCUT2D eigenvalue weighted by Gasteiger charge is 2.19. The monoisotopic (exact) mass is 353 g/mol. The first-order valence-electron chi connectivity index (χ1n) is 7.10. The Hall–Kier alpha value is -1.77. The van der Waals surface area contributed by atoms with Crippen molar-refractivity contribution in [1.82, 2.24) is 19.8 Å². The smallest absolute Gasteiger partial charge is 0.233 e. The van der Waals surface area contributed by atoms with Gasteiger partial charge in [0.1, 0.15) is 0 Å². The molecule has 0 aliphatic carbocycles. The molecular weight excluding hydrogens is 338 g/mol. The van der Waals surface area contributed by atoms with Gasteiger partial charge in [-0.1, -0.05) is 23.4 Å². The van der Waals surface area contributed by atoms with Gasteiger partial charge in [-0.15, -0.1) is 10.2 Å². The minimum absolute atomic E-state index is 0.0503. The molecule has 0 saturated carbocycles. The van der Waals surface area contributed by atoms with Gasteiger partial charge >= 0.3 is 0 Å². The zero-order valence-corrected chi connectivity index (χ0v) is 13.9. The van der Waals surface area contributed by atoms with Crippen molar-refractivity contribution in [2.45, 2.75) is 5.16 Å². The molecule has 1 aromatic heterocycles. The second-order valence-electron chi connectivity index (χ2n) is 4.96. The number of aromatic nitrogens is 3. The van der Waals surface area contributed by atoms with Crippen LogP contribution in [0.25, 0.3) is 11.4 Å². The summed E-state index contributed by atoms with van der Waals surface area (Å²) >= 11 is 7.15. The largest absolute Gasteiger partial charge is 0.378 e. The van der Waals surface area contributed by atoms with Gasteiger partial charge in [0.15, 0.2) is 5.82 Å². The predicted molar refractivity (Wildman–Crippen MR) is 88.7 cm³/mol. The summed E-state index contributed by atoms with van der Waals surface area (Å²) in [6.45, 7) is 2.43. The molecule has 122 valence electrons. The maximum absolute atomic E-state index is 12.1. The van der Waals surface area contributed by atoms with Crippen LogP contribution < -0.4 is 5.84 Å². The SMILES string of the molecule is Nn1c(SCC(=O)N2CCOCC2)nnc1-c1ccc(Cl)cc1. The van der Waals surface area contributed by atoms with Crippen LogP contribution in [0.5, 0.6) is 0 Å². The topological polar surface area (TPSA) is 86.3 Å². The van der Waals surface area contributed by atoms with E-state index in [2.05, 4.69) is 10.2 Å². The van der Waals surface area contributed by atoms with Crippen LogP contribution in [0.4, 0.5) is 0 Å². The predicted octanol–water partition coefficient (Wildman–Crippen LogP) is 1.26. The third-order valence-corrected chi connectivity index (χ3v) is 4.64. The number of hydrogen-bond acceptors (Lipinski definition) is 6. The van der Waals surface area contributed by atoms with Crippen molar-refractivity contribution in [2.75, 3.05) is 37.9 Å². The maximum Gasteiger partial charge on any atom is 0.233 e. The molecule has 7 nitrogen and oxygen atoms in total. The maximum atomic E-state index is 12.1. The Morgan fingerprint density at radius 2 is 1.96 bits per heavy atom. The molecule has 0 spiro atoms. The van der Waals surface area contributed by atoms with E-state index in [1.807, 2.05) is 12.1 Å². The number of carbonyl (C=O) groups excluding carboxylic acids is 1. The lowest BCUT2D eigenvalue weighted by molar-refractivity contribution is -0.132. The van der Waals surface area contributed by atoms with Crippen molar-refractivity contribution in [2.24, 2.45) is 0 Å². The minimum Gasteiger partial charge on any atom is -0.378 e. The van der Waals surface area contributed by atoms with Gasteiger partial charge in [0.25, 0.3) is 0 Å². The Bertz CT molecular complexity index is 685. The third-order valence-electron chi connectivity index (χ3n) is 3.46. The number of morpholine rings is 1. The molecule has 1 saturated heterocycles. The Morgan fingerprint density at radius 1 is 1.26 bits per heavy atom. The van der Waals surface area contributed by atoms with Crippen LogP contribution in [-0.2, 0) is 9.53 Å². The summed E-state index contributed by atoms with van der Waals surface area (Å²) in [5.41, 5.74) is 0.816. The lowest BCUT2D eigenvalue weighted by atomic mass is 10.2. The Morgan fingerprint density at radius 3 is 2.65 bits per heavy atom. The minimum atomic E-state index is 0.0503. The van der Waals surface area contributed by atoms with Crippen molar-refractivity contribution in [3.05, 3.63) is 29.3 Å². The number of nitrogen functional groups attached to an aromatic ring is 1. The molecule has 23 heavy (non-hydrogen) atoms. The molecule has 2 heterocycles. The number of thioether (sulfide) groups is 1.